The van der Waals surface area contributed by atoms with E-state index in [1.807, 2.05) is 7.05 Å². The van der Waals surface area contributed by atoms with Crippen molar-refractivity contribution in [1.29, 1.82) is 0 Å². The van der Waals surface area contributed by atoms with Crippen LogP contribution in [-0.4, -0.2) is 24.7 Å². The lowest BCUT2D eigenvalue weighted by atomic mass is 10.7. The Bertz CT molecular complexity index is 454. The minimum Gasteiger partial charge on any atom is -0.292 e. The van der Waals surface area contributed by atoms with Crippen LogP contribution in [0.4, 0.5) is 5.95 Å². The molecule has 78 valence electrons. The standard InChI is InChI=1S/C7H9N7S/c1-14-7(10-4-11-14)15-5-2-3-9-6(12-5)13-8/h2-4H,8H2,1H3,(H,9,12,13). The quantitative estimate of drug-likeness (QED) is 0.431. The lowest BCUT2D eigenvalue weighted by Crippen LogP contribution is -2.10. The van der Waals surface area contributed by atoms with Crippen LogP contribution in [0.3, 0.4) is 0 Å². The van der Waals surface area contributed by atoms with Gasteiger partial charge in [-0.2, -0.15) is 5.10 Å². The molecule has 15 heavy (non-hydrogen) atoms. The van der Waals surface area contributed by atoms with Crippen molar-refractivity contribution in [2.24, 2.45) is 12.9 Å². The molecular formula is C7H9N7S. The van der Waals surface area contributed by atoms with E-state index in [9.17, 15) is 0 Å². The summed E-state index contributed by atoms with van der Waals surface area (Å²) in [6, 6.07) is 1.78. The van der Waals surface area contributed by atoms with E-state index in [1.54, 1.807) is 16.9 Å². The number of aromatic nitrogens is 5. The molecule has 2 heterocycles. The maximum atomic E-state index is 5.20. The molecule has 0 bridgehead atoms. The van der Waals surface area contributed by atoms with Gasteiger partial charge in [-0.1, -0.05) is 0 Å². The Balaban J connectivity index is 2.21. The molecule has 0 fully saturated rings. The fourth-order valence-electron chi connectivity index (χ4n) is 0.940. The monoisotopic (exact) mass is 223 g/mol. The van der Waals surface area contributed by atoms with Crippen LogP contribution in [0.2, 0.25) is 0 Å². The Labute approximate surface area is 90.1 Å². The topological polar surface area (TPSA) is 94.5 Å². The minimum absolute atomic E-state index is 0.377. The van der Waals surface area contributed by atoms with Crippen molar-refractivity contribution < 1.29 is 0 Å². The maximum Gasteiger partial charge on any atom is 0.238 e. The predicted molar refractivity (Wildman–Crippen MR) is 55.0 cm³/mol. The van der Waals surface area contributed by atoms with Crippen LogP contribution in [0.15, 0.2) is 28.8 Å². The van der Waals surface area contributed by atoms with Gasteiger partial charge in [-0.25, -0.2) is 25.5 Å². The first kappa shape index (κ1) is 9.87. The maximum absolute atomic E-state index is 5.20. The normalized spacial score (nSPS) is 10.3. The van der Waals surface area contributed by atoms with E-state index in [0.717, 1.165) is 10.2 Å². The molecule has 0 amide bonds. The van der Waals surface area contributed by atoms with E-state index in [2.05, 4.69) is 25.5 Å². The van der Waals surface area contributed by atoms with Crippen LogP contribution in [-0.2, 0) is 7.05 Å². The summed E-state index contributed by atoms with van der Waals surface area (Å²) in [5.41, 5.74) is 2.38. The van der Waals surface area contributed by atoms with Crippen LogP contribution >= 0.6 is 11.8 Å². The highest BCUT2D eigenvalue weighted by molar-refractivity contribution is 7.99. The van der Waals surface area contributed by atoms with Crippen LogP contribution in [0.25, 0.3) is 0 Å². The Morgan fingerprint density at radius 1 is 1.47 bits per heavy atom. The fourth-order valence-corrected chi connectivity index (χ4v) is 1.67. The molecular weight excluding hydrogens is 214 g/mol. The molecule has 0 saturated heterocycles. The summed E-state index contributed by atoms with van der Waals surface area (Å²) in [4.78, 5) is 12.1. The summed E-state index contributed by atoms with van der Waals surface area (Å²) in [6.07, 6.45) is 3.12. The van der Waals surface area contributed by atoms with E-state index in [0.29, 0.717) is 5.95 Å². The summed E-state index contributed by atoms with van der Waals surface area (Å²) < 4.78 is 1.67. The van der Waals surface area contributed by atoms with Gasteiger partial charge in [0.2, 0.25) is 5.95 Å². The van der Waals surface area contributed by atoms with E-state index < -0.39 is 0 Å². The van der Waals surface area contributed by atoms with E-state index in [4.69, 9.17) is 5.84 Å². The molecule has 8 heteroatoms. The molecule has 0 spiro atoms. The van der Waals surface area contributed by atoms with Gasteiger partial charge in [-0.05, 0) is 17.8 Å². The van der Waals surface area contributed by atoms with Crippen LogP contribution in [0.1, 0.15) is 0 Å². The van der Waals surface area contributed by atoms with E-state index >= 15 is 0 Å². The second-order valence-corrected chi connectivity index (χ2v) is 3.62. The molecule has 0 radical (unpaired) electrons. The molecule has 0 saturated carbocycles. The third kappa shape index (κ3) is 2.22. The number of nitrogens with one attached hydrogen (secondary N) is 1. The molecule has 0 unspecified atom stereocenters. The number of anilines is 1. The second-order valence-electron chi connectivity index (χ2n) is 2.63. The van der Waals surface area contributed by atoms with Gasteiger partial charge in [0.15, 0.2) is 5.16 Å². The SMILES string of the molecule is Cn1ncnc1Sc1ccnc(NN)n1. The molecule has 0 aliphatic carbocycles. The van der Waals surface area contributed by atoms with Gasteiger partial charge in [0.1, 0.15) is 11.4 Å². The van der Waals surface area contributed by atoms with Crippen LogP contribution in [0, 0.1) is 0 Å². The number of nitrogens with two attached hydrogens (primary N) is 1. The Morgan fingerprint density at radius 2 is 2.33 bits per heavy atom. The van der Waals surface area contributed by atoms with Gasteiger partial charge >= 0.3 is 0 Å². The third-order valence-electron chi connectivity index (χ3n) is 1.62. The van der Waals surface area contributed by atoms with Crippen LogP contribution < -0.4 is 11.3 Å². The van der Waals surface area contributed by atoms with Crippen LogP contribution in [0.5, 0.6) is 0 Å². The molecule has 0 aliphatic heterocycles. The Kier molecular flexibility index (Phi) is 2.79. The Hall–Kier alpha value is -1.67. The first-order valence-electron chi connectivity index (χ1n) is 4.11. The number of hydrogen-bond donors (Lipinski definition) is 2. The molecule has 0 atom stereocenters. The Morgan fingerprint density at radius 3 is 3.00 bits per heavy atom. The first-order chi connectivity index (χ1) is 7.29. The molecule has 3 N–H and O–H groups in total. The summed E-state index contributed by atoms with van der Waals surface area (Å²) in [6.45, 7) is 0. The highest BCUT2D eigenvalue weighted by Crippen LogP contribution is 2.22. The zero-order chi connectivity index (χ0) is 10.7. The van der Waals surface area contributed by atoms with Gasteiger partial charge in [0.25, 0.3) is 0 Å². The molecule has 2 aromatic rings. The second kappa shape index (κ2) is 4.24. The fraction of sp³-hybridized carbons (Fsp3) is 0.143. The summed E-state index contributed by atoms with van der Waals surface area (Å²) in [5.74, 6) is 5.58. The van der Waals surface area contributed by atoms with Gasteiger partial charge in [0, 0.05) is 13.2 Å². The van der Waals surface area contributed by atoms with Gasteiger partial charge in [-0.3, -0.25) is 5.43 Å². The van der Waals surface area contributed by atoms with Crippen molar-refractivity contribution in [2.45, 2.75) is 10.2 Å². The highest BCUT2D eigenvalue weighted by atomic mass is 32.2. The molecule has 2 aromatic heterocycles. The third-order valence-corrected chi connectivity index (χ3v) is 2.61. The highest BCUT2D eigenvalue weighted by Gasteiger charge is 2.05. The lowest BCUT2D eigenvalue weighted by molar-refractivity contribution is 0.684. The van der Waals surface area contributed by atoms with Crippen molar-refractivity contribution in [3.05, 3.63) is 18.6 Å². The smallest absolute Gasteiger partial charge is 0.238 e. The number of aryl methyl sites for hydroxylation is 1. The number of rotatable bonds is 3. The largest absolute Gasteiger partial charge is 0.292 e. The zero-order valence-corrected chi connectivity index (χ0v) is 8.77. The summed E-state index contributed by atoms with van der Waals surface area (Å²) in [5, 5.41) is 5.48. The number of hydrogen-bond acceptors (Lipinski definition) is 7. The van der Waals surface area contributed by atoms with Gasteiger partial charge < -0.3 is 0 Å². The molecule has 0 aliphatic rings. The van der Waals surface area contributed by atoms with E-state index in [1.165, 1.54) is 18.1 Å². The number of nitrogens with zero attached hydrogens (tertiary/aromatic N) is 5. The van der Waals surface area contributed by atoms with Crippen molar-refractivity contribution in [3.63, 3.8) is 0 Å². The van der Waals surface area contributed by atoms with Gasteiger partial charge in [0.05, 0.1) is 0 Å². The summed E-state index contributed by atoms with van der Waals surface area (Å²) in [7, 11) is 1.82. The average Bonchev–Trinajstić information content (AvgIpc) is 2.65. The van der Waals surface area contributed by atoms with Crippen molar-refractivity contribution in [3.8, 4) is 0 Å². The lowest BCUT2D eigenvalue weighted by Gasteiger charge is -2.01. The van der Waals surface area contributed by atoms with Crippen molar-refractivity contribution in [1.82, 2.24) is 24.7 Å². The van der Waals surface area contributed by atoms with Crippen molar-refractivity contribution in [2.75, 3.05) is 5.43 Å². The molecule has 7 nitrogen and oxygen atoms in total. The molecule has 2 rings (SSSR count). The van der Waals surface area contributed by atoms with Gasteiger partial charge in [-0.15, -0.1) is 0 Å². The average molecular weight is 223 g/mol. The number of hydrazine groups is 1. The first-order valence-corrected chi connectivity index (χ1v) is 4.93. The minimum atomic E-state index is 0.377. The van der Waals surface area contributed by atoms with Crippen molar-refractivity contribution >= 4 is 17.7 Å². The predicted octanol–water partition coefficient (Wildman–Crippen LogP) is 0.0419. The summed E-state index contributed by atoms with van der Waals surface area (Å²) >= 11 is 1.39. The molecule has 0 aromatic carbocycles. The zero-order valence-electron chi connectivity index (χ0n) is 7.95. The number of nitrogen functional groups attached to an aromatic ring is 1. The van der Waals surface area contributed by atoms with E-state index in [-0.39, 0.29) is 0 Å².